The van der Waals surface area contributed by atoms with Gasteiger partial charge in [-0.3, -0.25) is 9.59 Å². The summed E-state index contributed by atoms with van der Waals surface area (Å²) < 4.78 is 27.8. The van der Waals surface area contributed by atoms with E-state index in [9.17, 15) is 9.59 Å². The first kappa shape index (κ1) is 18.5. The molecule has 33 heavy (non-hydrogen) atoms. The van der Waals surface area contributed by atoms with Crippen molar-refractivity contribution < 1.29 is 18.4 Å². The first-order valence-electron chi connectivity index (χ1n) is 11.9. The van der Waals surface area contributed by atoms with Crippen LogP contribution in [0.25, 0.3) is 11.3 Å². The normalized spacial score (nSPS) is 14.6. The molecule has 1 aliphatic rings. The number of carbonyl (C=O) groups is 2. The lowest BCUT2D eigenvalue weighted by molar-refractivity contribution is -0.117. The van der Waals surface area contributed by atoms with Crippen LogP contribution < -0.4 is 20.7 Å². The van der Waals surface area contributed by atoms with E-state index in [-0.39, 0.29) is 29.0 Å². The molecular weight excluding hydrogens is 424 g/mol. The Morgan fingerprint density at radius 3 is 2.76 bits per heavy atom. The van der Waals surface area contributed by atoms with E-state index in [1.54, 1.807) is 19.2 Å². The lowest BCUT2D eigenvalue weighted by Crippen LogP contribution is -2.22. The van der Waals surface area contributed by atoms with Gasteiger partial charge in [0, 0.05) is 35.7 Å². The molecule has 1 aromatic carbocycles. The Morgan fingerprint density at radius 1 is 1.24 bits per heavy atom. The van der Waals surface area contributed by atoms with Crippen molar-refractivity contribution in [1.82, 2.24) is 30.5 Å². The van der Waals surface area contributed by atoms with Crippen molar-refractivity contribution in [3.8, 4) is 17.0 Å². The summed E-state index contributed by atoms with van der Waals surface area (Å²) >= 11 is 0. The van der Waals surface area contributed by atoms with E-state index >= 15 is 0 Å². The number of rotatable bonds is 8. The van der Waals surface area contributed by atoms with Crippen molar-refractivity contribution >= 4 is 29.0 Å². The SMILES string of the molecule is [2H]C([2H])([2H])NC(=O)c1nnc(NC(=O)C2CC2)cc1Nc1cccc(-c2nn(C)nc2CC)c1OC. The third-order valence-electron chi connectivity index (χ3n) is 5.18. The third kappa shape index (κ3) is 4.61. The number of anilines is 3. The second-order valence-electron chi connectivity index (χ2n) is 7.56. The molecule has 3 N–H and O–H groups in total. The van der Waals surface area contributed by atoms with Crippen molar-refractivity contribution in [2.45, 2.75) is 26.2 Å². The topological polar surface area (TPSA) is 136 Å². The van der Waals surface area contributed by atoms with E-state index in [1.807, 2.05) is 18.3 Å². The number of carbonyl (C=O) groups excluding carboxylic acids is 2. The van der Waals surface area contributed by atoms with Crippen molar-refractivity contribution in [3.05, 3.63) is 35.7 Å². The average molecular weight is 454 g/mol. The Bertz CT molecular complexity index is 1300. The standard InChI is InChI=1S/C22H26N8O3/c1-5-14-18(29-30(3)28-14)13-7-6-8-15(20(13)33-4)24-16-11-17(25-21(31)12-9-10-12)26-27-19(16)22(32)23-2/h6-8,11-12H,5,9-10H2,1-4H3,(H,23,32)(H2,24,25,26,31)/i2D3. The molecule has 0 aliphatic heterocycles. The first-order valence-corrected chi connectivity index (χ1v) is 10.4. The van der Waals surface area contributed by atoms with Gasteiger partial charge in [0.2, 0.25) is 5.91 Å². The minimum atomic E-state index is -2.73. The van der Waals surface area contributed by atoms with Gasteiger partial charge < -0.3 is 20.7 Å². The molecule has 2 aromatic heterocycles. The Hall–Kier alpha value is -4.02. The summed E-state index contributed by atoms with van der Waals surface area (Å²) in [4.78, 5) is 26.4. The Balaban J connectivity index is 1.75. The van der Waals surface area contributed by atoms with Crippen molar-refractivity contribution in [2.24, 2.45) is 13.0 Å². The molecule has 0 saturated heterocycles. The molecule has 11 heteroatoms. The summed E-state index contributed by atoms with van der Waals surface area (Å²) in [5.41, 5.74) is 2.41. The Kier molecular flexibility index (Phi) is 5.18. The van der Waals surface area contributed by atoms with Gasteiger partial charge in [0.05, 0.1) is 24.2 Å². The van der Waals surface area contributed by atoms with Crippen LogP contribution in [-0.4, -0.2) is 51.1 Å². The van der Waals surface area contributed by atoms with E-state index in [0.717, 1.165) is 18.5 Å². The van der Waals surface area contributed by atoms with Crippen LogP contribution in [0.4, 0.5) is 17.2 Å². The molecule has 1 aliphatic carbocycles. The minimum absolute atomic E-state index is 0.0711. The number of nitrogens with one attached hydrogen (secondary N) is 3. The number of amides is 2. The lowest BCUT2D eigenvalue weighted by Gasteiger charge is -2.16. The van der Waals surface area contributed by atoms with Gasteiger partial charge in [-0.2, -0.15) is 15.0 Å². The van der Waals surface area contributed by atoms with Crippen LogP contribution in [0, 0.1) is 5.92 Å². The molecule has 2 amide bonds. The maximum atomic E-state index is 12.7. The molecule has 11 nitrogen and oxygen atoms in total. The van der Waals surface area contributed by atoms with Crippen LogP contribution in [-0.2, 0) is 18.3 Å². The average Bonchev–Trinajstić information content (AvgIpc) is 3.60. The third-order valence-corrected chi connectivity index (χ3v) is 5.18. The second kappa shape index (κ2) is 9.23. The number of methoxy groups -OCH3 is 1. The number of hydrogen-bond donors (Lipinski definition) is 3. The van der Waals surface area contributed by atoms with Crippen LogP contribution in [0.5, 0.6) is 5.75 Å². The van der Waals surface area contributed by atoms with Gasteiger partial charge in [-0.25, -0.2) is 0 Å². The maximum Gasteiger partial charge on any atom is 0.273 e. The quantitative estimate of drug-likeness (QED) is 0.473. The van der Waals surface area contributed by atoms with E-state index in [2.05, 4.69) is 31.0 Å². The minimum Gasteiger partial charge on any atom is -0.494 e. The largest absolute Gasteiger partial charge is 0.494 e. The molecule has 0 bridgehead atoms. The van der Waals surface area contributed by atoms with E-state index in [4.69, 9.17) is 8.85 Å². The number of ether oxygens (including phenoxy) is 1. The van der Waals surface area contributed by atoms with Crippen molar-refractivity contribution in [1.29, 1.82) is 0 Å². The van der Waals surface area contributed by atoms with Gasteiger partial charge in [-0.15, -0.1) is 10.2 Å². The highest BCUT2D eigenvalue weighted by atomic mass is 16.5. The fourth-order valence-electron chi connectivity index (χ4n) is 3.43. The van der Waals surface area contributed by atoms with Crippen molar-refractivity contribution in [2.75, 3.05) is 24.7 Å². The van der Waals surface area contributed by atoms with E-state index in [0.29, 0.717) is 29.1 Å². The number of nitrogens with zero attached hydrogens (tertiary/aromatic N) is 5. The monoisotopic (exact) mass is 453 g/mol. The second-order valence-corrected chi connectivity index (χ2v) is 7.56. The van der Waals surface area contributed by atoms with Crippen LogP contribution in [0.1, 0.15) is 40.1 Å². The molecule has 1 fully saturated rings. The van der Waals surface area contributed by atoms with Gasteiger partial charge in [-0.1, -0.05) is 13.0 Å². The van der Waals surface area contributed by atoms with Crippen LogP contribution in [0.3, 0.4) is 0 Å². The molecule has 2 heterocycles. The zero-order valence-electron chi connectivity index (χ0n) is 21.5. The molecule has 0 atom stereocenters. The zero-order chi connectivity index (χ0) is 26.0. The molecule has 172 valence electrons. The van der Waals surface area contributed by atoms with E-state index < -0.39 is 12.9 Å². The van der Waals surface area contributed by atoms with E-state index in [1.165, 1.54) is 18.0 Å². The number of aromatic nitrogens is 5. The Labute approximate surface area is 195 Å². The molecule has 0 unspecified atom stereocenters. The van der Waals surface area contributed by atoms with Crippen LogP contribution in [0.15, 0.2) is 24.3 Å². The number of hydrogen-bond acceptors (Lipinski definition) is 8. The smallest absolute Gasteiger partial charge is 0.273 e. The van der Waals surface area contributed by atoms with Crippen molar-refractivity contribution in [3.63, 3.8) is 0 Å². The van der Waals surface area contributed by atoms with Gasteiger partial charge in [0.25, 0.3) is 5.91 Å². The molecule has 4 rings (SSSR count). The number of para-hydroxylation sites is 1. The fourth-order valence-corrected chi connectivity index (χ4v) is 3.43. The van der Waals surface area contributed by atoms with Gasteiger partial charge >= 0.3 is 0 Å². The fraction of sp³-hybridized carbons (Fsp3) is 0.364. The molecule has 1 saturated carbocycles. The summed E-state index contributed by atoms with van der Waals surface area (Å²) in [6, 6.07) is 6.76. The number of benzene rings is 1. The summed E-state index contributed by atoms with van der Waals surface area (Å²) in [6.07, 6.45) is 2.26. The predicted octanol–water partition coefficient (Wildman–Crippen LogP) is 2.29. The molecule has 3 aromatic rings. The van der Waals surface area contributed by atoms with Gasteiger partial charge in [0.15, 0.2) is 17.3 Å². The Morgan fingerprint density at radius 2 is 2.06 bits per heavy atom. The number of aryl methyl sites for hydroxylation is 2. The molecule has 0 radical (unpaired) electrons. The highest BCUT2D eigenvalue weighted by Gasteiger charge is 2.30. The van der Waals surface area contributed by atoms with Gasteiger partial charge in [-0.05, 0) is 31.4 Å². The first-order chi connectivity index (χ1) is 17.1. The zero-order valence-corrected chi connectivity index (χ0v) is 18.5. The van der Waals surface area contributed by atoms with Crippen LogP contribution >= 0.6 is 0 Å². The summed E-state index contributed by atoms with van der Waals surface area (Å²) in [5.74, 6) is -0.669. The highest BCUT2D eigenvalue weighted by molar-refractivity contribution is 6.00. The lowest BCUT2D eigenvalue weighted by atomic mass is 10.1. The highest BCUT2D eigenvalue weighted by Crippen LogP contribution is 2.39. The summed E-state index contributed by atoms with van der Waals surface area (Å²) in [6.45, 7) is -0.757. The van der Waals surface area contributed by atoms with Gasteiger partial charge in [0.1, 0.15) is 5.69 Å². The maximum absolute atomic E-state index is 12.7. The summed E-state index contributed by atoms with van der Waals surface area (Å²) in [7, 11) is 3.23. The molecular formula is C22H26N8O3. The predicted molar refractivity (Wildman–Crippen MR) is 122 cm³/mol. The van der Waals surface area contributed by atoms with Crippen LogP contribution in [0.2, 0.25) is 0 Å². The summed E-state index contributed by atoms with van der Waals surface area (Å²) in [5, 5.41) is 24.3. The molecule has 0 spiro atoms.